The van der Waals surface area contributed by atoms with Gasteiger partial charge in [0.1, 0.15) is 11.3 Å². The average molecular weight is 306 g/mol. The van der Waals surface area contributed by atoms with E-state index in [1.807, 2.05) is 18.4 Å². The van der Waals surface area contributed by atoms with Crippen LogP contribution in [0.5, 0.6) is 5.75 Å². The predicted molar refractivity (Wildman–Crippen MR) is 81.1 cm³/mol. The van der Waals surface area contributed by atoms with Crippen LogP contribution in [0.25, 0.3) is 21.9 Å². The Bertz CT molecular complexity index is 902. The molecule has 0 aromatic carbocycles. The summed E-state index contributed by atoms with van der Waals surface area (Å²) in [5.74, 6) is 1.29. The quantitative estimate of drug-likeness (QED) is 0.765. The molecule has 8 heteroatoms. The lowest BCUT2D eigenvalue weighted by molar-refractivity contribution is 0.417. The number of nitrogens with zero attached hydrogens (tertiary/aromatic N) is 2. The van der Waals surface area contributed by atoms with Crippen molar-refractivity contribution in [1.29, 1.82) is 0 Å². The molecule has 7 nitrogen and oxygen atoms in total. The zero-order valence-corrected chi connectivity index (χ0v) is 12.4. The largest absolute Gasteiger partial charge is 0.496 e. The zero-order chi connectivity index (χ0) is 15.0. The molecule has 3 aromatic heterocycles. The first-order valence-electron chi connectivity index (χ1n) is 6.49. The predicted octanol–water partition coefficient (Wildman–Crippen LogP) is 1.56. The lowest BCUT2D eigenvalue weighted by atomic mass is 10.4. The molecule has 0 unspecified atom stereocenters. The third-order valence-corrected chi connectivity index (χ3v) is 4.04. The number of thiophene rings is 1. The van der Waals surface area contributed by atoms with Gasteiger partial charge in [0.25, 0.3) is 5.56 Å². The van der Waals surface area contributed by atoms with Gasteiger partial charge in [-0.2, -0.15) is 0 Å². The Morgan fingerprint density at radius 1 is 1.38 bits per heavy atom. The number of hydrogen-bond donors (Lipinski definition) is 2. The van der Waals surface area contributed by atoms with Crippen LogP contribution in [0.15, 0.2) is 21.0 Å². The molecule has 0 atom stereocenters. The molecule has 2 N–H and O–H groups in total. The number of rotatable bonds is 4. The van der Waals surface area contributed by atoms with Gasteiger partial charge in [-0.25, -0.2) is 9.78 Å². The van der Waals surface area contributed by atoms with Gasteiger partial charge >= 0.3 is 5.69 Å². The monoisotopic (exact) mass is 306 g/mol. The Morgan fingerprint density at radius 2 is 2.19 bits per heavy atom. The highest BCUT2D eigenvalue weighted by molar-refractivity contribution is 7.13. The Kier molecular flexibility index (Phi) is 3.38. The van der Waals surface area contributed by atoms with Crippen LogP contribution in [0.2, 0.25) is 0 Å². The number of aromatic nitrogens is 4. The third-order valence-electron chi connectivity index (χ3n) is 3.12. The van der Waals surface area contributed by atoms with Crippen LogP contribution < -0.4 is 16.0 Å². The number of fused-ring (bicyclic) bond motifs is 1. The van der Waals surface area contributed by atoms with Gasteiger partial charge in [-0.1, -0.05) is 6.92 Å². The second kappa shape index (κ2) is 5.21. The van der Waals surface area contributed by atoms with Gasteiger partial charge in [-0.05, 0) is 6.42 Å². The second-order valence-corrected chi connectivity index (χ2v) is 5.46. The topological polar surface area (TPSA) is 92.8 Å². The van der Waals surface area contributed by atoms with E-state index in [0.717, 1.165) is 17.0 Å². The molecule has 3 aromatic rings. The second-order valence-electron chi connectivity index (χ2n) is 4.55. The molecule has 0 aliphatic heterocycles. The van der Waals surface area contributed by atoms with Crippen molar-refractivity contribution in [2.75, 3.05) is 7.11 Å². The minimum atomic E-state index is -0.454. The van der Waals surface area contributed by atoms with Crippen molar-refractivity contribution in [3.63, 3.8) is 0 Å². The van der Waals surface area contributed by atoms with E-state index in [2.05, 4.69) is 15.0 Å². The van der Waals surface area contributed by atoms with Crippen LogP contribution in [-0.2, 0) is 6.54 Å². The number of ether oxygens (including phenoxy) is 1. The fraction of sp³-hybridized carbons (Fsp3) is 0.308. The van der Waals surface area contributed by atoms with Crippen molar-refractivity contribution in [2.45, 2.75) is 19.9 Å². The summed E-state index contributed by atoms with van der Waals surface area (Å²) >= 11 is 1.45. The van der Waals surface area contributed by atoms with Gasteiger partial charge < -0.3 is 9.72 Å². The standard InChI is InChI=1S/C13H14N4O3S/c1-3-4-17-11-9(12(18)16-13(17)19)14-10(15-11)8-5-7(20-2)6-21-8/h5-6H,3-4H2,1-2H3,(H,14,15)(H,16,18,19). The molecule has 21 heavy (non-hydrogen) atoms. The van der Waals surface area contributed by atoms with E-state index in [1.54, 1.807) is 7.11 Å². The summed E-state index contributed by atoms with van der Waals surface area (Å²) < 4.78 is 6.61. The zero-order valence-electron chi connectivity index (χ0n) is 11.6. The fourth-order valence-corrected chi connectivity index (χ4v) is 2.94. The summed E-state index contributed by atoms with van der Waals surface area (Å²) in [6.45, 7) is 2.46. The van der Waals surface area contributed by atoms with E-state index in [0.29, 0.717) is 23.5 Å². The number of H-pyrrole nitrogens is 2. The van der Waals surface area contributed by atoms with Crippen molar-refractivity contribution in [2.24, 2.45) is 0 Å². The third kappa shape index (κ3) is 2.27. The molecule has 0 bridgehead atoms. The number of methoxy groups -OCH3 is 1. The molecule has 0 aliphatic carbocycles. The van der Waals surface area contributed by atoms with Gasteiger partial charge in [0.2, 0.25) is 0 Å². The summed E-state index contributed by atoms with van der Waals surface area (Å²) in [4.78, 5) is 34.3. The molecule has 0 spiro atoms. The van der Waals surface area contributed by atoms with Crippen LogP contribution in [-0.4, -0.2) is 26.6 Å². The molecule has 0 amide bonds. The number of hydrogen-bond acceptors (Lipinski definition) is 5. The first-order valence-corrected chi connectivity index (χ1v) is 7.37. The smallest absolute Gasteiger partial charge is 0.330 e. The first kappa shape index (κ1) is 13.6. The summed E-state index contributed by atoms with van der Waals surface area (Å²) in [6.07, 6.45) is 0.774. The highest BCUT2D eigenvalue weighted by Crippen LogP contribution is 2.29. The molecule has 110 valence electrons. The van der Waals surface area contributed by atoms with Gasteiger partial charge in [0, 0.05) is 18.0 Å². The van der Waals surface area contributed by atoms with E-state index < -0.39 is 11.2 Å². The molecule has 0 aliphatic rings. The van der Waals surface area contributed by atoms with Gasteiger partial charge in [0.05, 0.1) is 12.0 Å². The summed E-state index contributed by atoms with van der Waals surface area (Å²) in [6, 6.07) is 1.83. The molecule has 0 saturated heterocycles. The van der Waals surface area contributed by atoms with E-state index in [9.17, 15) is 9.59 Å². The molecule has 0 fully saturated rings. The van der Waals surface area contributed by atoms with Crippen molar-refractivity contribution in [3.8, 4) is 16.5 Å². The highest BCUT2D eigenvalue weighted by Gasteiger charge is 2.14. The molecule has 0 radical (unpaired) electrons. The average Bonchev–Trinajstić information content (AvgIpc) is 3.09. The number of aryl methyl sites for hydroxylation is 1. The summed E-state index contributed by atoms with van der Waals surface area (Å²) in [5.41, 5.74) is -0.195. The van der Waals surface area contributed by atoms with Crippen molar-refractivity contribution >= 4 is 22.5 Å². The SMILES string of the molecule is CCCn1c(=O)[nH]c(=O)c2[nH]c(-c3cc(OC)cs3)nc21. The molecule has 0 saturated carbocycles. The fourth-order valence-electron chi connectivity index (χ4n) is 2.14. The normalized spacial score (nSPS) is 11.1. The van der Waals surface area contributed by atoms with Crippen molar-refractivity contribution in [3.05, 3.63) is 32.3 Å². The number of nitrogens with one attached hydrogen (secondary N) is 2. The molecule has 3 heterocycles. The van der Waals surface area contributed by atoms with Gasteiger partial charge in [0.15, 0.2) is 11.5 Å². The Labute approximate surface area is 123 Å². The van der Waals surface area contributed by atoms with E-state index in [4.69, 9.17) is 4.74 Å². The van der Waals surface area contributed by atoms with Crippen LogP contribution in [0.1, 0.15) is 13.3 Å². The Morgan fingerprint density at radius 3 is 2.86 bits per heavy atom. The highest BCUT2D eigenvalue weighted by atomic mass is 32.1. The van der Waals surface area contributed by atoms with Crippen molar-refractivity contribution < 1.29 is 4.74 Å². The van der Waals surface area contributed by atoms with Gasteiger partial charge in [-0.3, -0.25) is 14.3 Å². The maximum atomic E-state index is 11.9. The van der Waals surface area contributed by atoms with E-state index in [1.165, 1.54) is 15.9 Å². The maximum absolute atomic E-state index is 11.9. The Hall–Kier alpha value is -2.35. The van der Waals surface area contributed by atoms with Crippen molar-refractivity contribution in [1.82, 2.24) is 19.5 Å². The maximum Gasteiger partial charge on any atom is 0.330 e. The van der Waals surface area contributed by atoms with Crippen LogP contribution >= 0.6 is 11.3 Å². The minimum Gasteiger partial charge on any atom is -0.496 e. The number of aromatic amines is 2. The van der Waals surface area contributed by atoms with Gasteiger partial charge in [-0.15, -0.1) is 11.3 Å². The van der Waals surface area contributed by atoms with E-state index in [-0.39, 0.29) is 0 Å². The molecular formula is C13H14N4O3S. The number of imidazole rings is 1. The molecular weight excluding hydrogens is 292 g/mol. The first-order chi connectivity index (χ1) is 10.1. The van der Waals surface area contributed by atoms with Crippen LogP contribution in [0, 0.1) is 0 Å². The van der Waals surface area contributed by atoms with E-state index >= 15 is 0 Å². The summed E-state index contributed by atoms with van der Waals surface area (Å²) in [5, 5.41) is 1.85. The lowest BCUT2D eigenvalue weighted by Gasteiger charge is -2.02. The Balaban J connectivity index is 2.23. The van der Waals surface area contributed by atoms with Crippen LogP contribution in [0.3, 0.4) is 0 Å². The van der Waals surface area contributed by atoms with Crippen LogP contribution in [0.4, 0.5) is 0 Å². The lowest BCUT2D eigenvalue weighted by Crippen LogP contribution is -2.30. The molecule has 3 rings (SSSR count). The summed E-state index contributed by atoms with van der Waals surface area (Å²) in [7, 11) is 1.59. The minimum absolute atomic E-state index is 0.311.